The Morgan fingerprint density at radius 3 is 2.48 bits per heavy atom. The van der Waals surface area contributed by atoms with Gasteiger partial charge in [-0.15, -0.1) is 0 Å². The first-order valence-electron chi connectivity index (χ1n) is 7.83. The summed E-state index contributed by atoms with van der Waals surface area (Å²) in [5.41, 5.74) is 0.538. The molecule has 1 aliphatic heterocycles. The van der Waals surface area contributed by atoms with E-state index in [1.165, 1.54) is 0 Å². The van der Waals surface area contributed by atoms with Crippen molar-refractivity contribution in [2.24, 2.45) is 0 Å². The van der Waals surface area contributed by atoms with Crippen LogP contribution < -0.4 is 21.0 Å². The molecule has 0 saturated heterocycles. The number of nitrogens with one attached hydrogen (secondary N) is 2. The third-order valence-electron chi connectivity index (χ3n) is 4.58. The van der Waals surface area contributed by atoms with E-state index in [0.717, 1.165) is 5.56 Å². The Morgan fingerprint density at radius 2 is 1.76 bits per heavy atom. The van der Waals surface area contributed by atoms with Crippen LogP contribution in [0.15, 0.2) is 57.7 Å². The second-order valence-electron chi connectivity index (χ2n) is 6.07. The van der Waals surface area contributed by atoms with Gasteiger partial charge in [-0.05, 0) is 36.8 Å². The van der Waals surface area contributed by atoms with Crippen LogP contribution in [0.2, 0.25) is 0 Å². The van der Waals surface area contributed by atoms with E-state index in [1.54, 1.807) is 38.3 Å². The summed E-state index contributed by atoms with van der Waals surface area (Å²) in [6.07, 6.45) is 0. The van der Waals surface area contributed by atoms with Gasteiger partial charge in [0.1, 0.15) is 11.3 Å². The molecule has 0 spiro atoms. The molecule has 2 N–H and O–H groups in total. The third kappa shape index (κ3) is 2.26. The van der Waals surface area contributed by atoms with Gasteiger partial charge in [-0.3, -0.25) is 0 Å². The average Bonchev–Trinajstić information content (AvgIpc) is 2.61. The molecule has 126 valence electrons. The fraction of sp³-hybridized carbons (Fsp3) is 0.158. The summed E-state index contributed by atoms with van der Waals surface area (Å²) in [4.78, 5) is 25.0. The van der Waals surface area contributed by atoms with Crippen LogP contribution in [0.3, 0.4) is 0 Å². The van der Waals surface area contributed by atoms with Crippen LogP contribution in [-0.2, 0) is 5.54 Å². The van der Waals surface area contributed by atoms with Crippen LogP contribution in [0, 0.1) is 0 Å². The van der Waals surface area contributed by atoms with Gasteiger partial charge < -0.3 is 19.8 Å². The van der Waals surface area contributed by atoms with E-state index in [-0.39, 0.29) is 6.03 Å². The Bertz CT molecular complexity index is 1040. The molecule has 1 unspecified atom stereocenters. The van der Waals surface area contributed by atoms with Crippen molar-refractivity contribution in [3.8, 4) is 5.75 Å². The van der Waals surface area contributed by atoms with E-state index in [2.05, 4.69) is 10.6 Å². The highest BCUT2D eigenvalue weighted by molar-refractivity contribution is 6.04. The number of benzene rings is 2. The Balaban J connectivity index is 2.02. The normalized spacial score (nSPS) is 19.0. The number of fused-ring (bicyclic) bond motifs is 3. The monoisotopic (exact) mass is 336 g/mol. The van der Waals surface area contributed by atoms with Crippen molar-refractivity contribution in [1.29, 1.82) is 0 Å². The van der Waals surface area contributed by atoms with E-state index in [1.807, 2.05) is 24.3 Å². The van der Waals surface area contributed by atoms with Crippen LogP contribution in [-0.4, -0.2) is 13.1 Å². The van der Waals surface area contributed by atoms with Gasteiger partial charge in [-0.1, -0.05) is 24.3 Å². The topological polar surface area (TPSA) is 80.6 Å². The number of para-hydroxylation sites is 1. The lowest BCUT2D eigenvalue weighted by Gasteiger charge is -2.36. The largest absolute Gasteiger partial charge is 0.497 e. The van der Waals surface area contributed by atoms with Gasteiger partial charge in [0.15, 0.2) is 0 Å². The molecule has 1 atom stereocenters. The minimum absolute atomic E-state index is 0.371. The molecule has 2 heterocycles. The maximum atomic E-state index is 12.7. The highest BCUT2D eigenvalue weighted by Crippen LogP contribution is 2.39. The molecule has 0 saturated carbocycles. The van der Waals surface area contributed by atoms with Gasteiger partial charge in [-0.2, -0.15) is 0 Å². The minimum Gasteiger partial charge on any atom is -0.497 e. The molecule has 0 fully saturated rings. The zero-order valence-electron chi connectivity index (χ0n) is 13.8. The standard InChI is InChI=1S/C19H16N2O4/c1-19(11-7-9-12(24-2)10-8-11)15-16(20-18(23)21-19)13-5-3-4-6-14(13)25-17(15)22/h3-10H,1-2H3,(H2,20,21,23). The van der Waals surface area contributed by atoms with Crippen molar-refractivity contribution in [2.75, 3.05) is 12.4 Å². The first kappa shape index (κ1) is 15.3. The second kappa shape index (κ2) is 5.37. The number of urea groups is 1. The fourth-order valence-electron chi connectivity index (χ4n) is 3.31. The summed E-state index contributed by atoms with van der Waals surface area (Å²) < 4.78 is 10.7. The first-order chi connectivity index (χ1) is 12.0. The number of carbonyl (C=O) groups is 1. The lowest BCUT2D eigenvalue weighted by Crippen LogP contribution is -2.53. The maximum absolute atomic E-state index is 12.7. The molecular formula is C19H16N2O4. The number of hydrogen-bond donors (Lipinski definition) is 2. The van der Waals surface area contributed by atoms with Crippen LogP contribution in [0.5, 0.6) is 5.75 Å². The zero-order chi connectivity index (χ0) is 17.6. The smallest absolute Gasteiger partial charge is 0.344 e. The number of ether oxygens (including phenoxy) is 1. The van der Waals surface area contributed by atoms with E-state index in [0.29, 0.717) is 28.0 Å². The number of anilines is 1. The van der Waals surface area contributed by atoms with Crippen molar-refractivity contribution in [2.45, 2.75) is 12.5 Å². The van der Waals surface area contributed by atoms with E-state index in [9.17, 15) is 9.59 Å². The quantitative estimate of drug-likeness (QED) is 0.704. The molecule has 1 aromatic heterocycles. The fourth-order valence-corrected chi connectivity index (χ4v) is 3.31. The van der Waals surface area contributed by atoms with E-state index in [4.69, 9.17) is 9.15 Å². The Morgan fingerprint density at radius 1 is 1.04 bits per heavy atom. The van der Waals surface area contributed by atoms with E-state index < -0.39 is 11.2 Å². The molecule has 6 heteroatoms. The van der Waals surface area contributed by atoms with Crippen LogP contribution in [0.25, 0.3) is 11.0 Å². The van der Waals surface area contributed by atoms with Crippen molar-refractivity contribution in [1.82, 2.24) is 5.32 Å². The molecule has 25 heavy (non-hydrogen) atoms. The van der Waals surface area contributed by atoms with Gasteiger partial charge in [0.05, 0.1) is 23.9 Å². The molecule has 6 nitrogen and oxygen atoms in total. The van der Waals surface area contributed by atoms with Crippen molar-refractivity contribution < 1.29 is 13.9 Å². The molecular weight excluding hydrogens is 320 g/mol. The summed E-state index contributed by atoms with van der Waals surface area (Å²) in [6, 6.07) is 14.0. The maximum Gasteiger partial charge on any atom is 0.344 e. The number of hydrogen-bond acceptors (Lipinski definition) is 4. The first-order valence-corrected chi connectivity index (χ1v) is 7.83. The van der Waals surface area contributed by atoms with Crippen molar-refractivity contribution >= 4 is 22.7 Å². The average molecular weight is 336 g/mol. The Labute approximate surface area is 143 Å². The van der Waals surface area contributed by atoms with Crippen molar-refractivity contribution in [3.05, 3.63) is 70.1 Å². The van der Waals surface area contributed by atoms with Gasteiger partial charge >= 0.3 is 11.7 Å². The Kier molecular flexibility index (Phi) is 3.28. The predicted octanol–water partition coefficient (Wildman–Crippen LogP) is 3.20. The zero-order valence-corrected chi connectivity index (χ0v) is 13.8. The number of rotatable bonds is 2. The summed E-state index contributed by atoms with van der Waals surface area (Å²) in [5, 5.41) is 6.30. The van der Waals surface area contributed by atoms with Gasteiger partial charge in [0, 0.05) is 5.39 Å². The SMILES string of the molecule is COc1ccc(C2(C)NC(=O)Nc3c2c(=O)oc2ccccc32)cc1. The van der Waals surface area contributed by atoms with Gasteiger partial charge in [0.2, 0.25) is 0 Å². The lowest BCUT2D eigenvalue weighted by atomic mass is 9.82. The van der Waals surface area contributed by atoms with Crippen LogP contribution in [0.4, 0.5) is 10.5 Å². The van der Waals surface area contributed by atoms with Gasteiger partial charge in [-0.25, -0.2) is 9.59 Å². The molecule has 2 amide bonds. The number of amides is 2. The predicted molar refractivity (Wildman–Crippen MR) is 94.1 cm³/mol. The van der Waals surface area contributed by atoms with E-state index >= 15 is 0 Å². The summed E-state index contributed by atoms with van der Waals surface area (Å²) in [5.74, 6) is 0.693. The molecule has 0 aliphatic carbocycles. The molecule has 1 aliphatic rings. The summed E-state index contributed by atoms with van der Waals surface area (Å²) >= 11 is 0. The molecule has 0 bridgehead atoms. The summed E-state index contributed by atoms with van der Waals surface area (Å²) in [6.45, 7) is 1.79. The highest BCUT2D eigenvalue weighted by Gasteiger charge is 2.41. The minimum atomic E-state index is -1.02. The lowest BCUT2D eigenvalue weighted by molar-refractivity contribution is 0.241. The molecule has 2 aromatic carbocycles. The molecule has 4 rings (SSSR count). The third-order valence-corrected chi connectivity index (χ3v) is 4.58. The number of methoxy groups -OCH3 is 1. The van der Waals surface area contributed by atoms with Crippen LogP contribution in [0.1, 0.15) is 18.1 Å². The van der Waals surface area contributed by atoms with Crippen LogP contribution >= 0.6 is 0 Å². The number of carbonyl (C=O) groups excluding carboxylic acids is 1. The van der Waals surface area contributed by atoms with Crippen molar-refractivity contribution in [3.63, 3.8) is 0 Å². The summed E-state index contributed by atoms with van der Waals surface area (Å²) in [7, 11) is 1.58. The van der Waals surface area contributed by atoms with Gasteiger partial charge in [0.25, 0.3) is 0 Å². The second-order valence-corrected chi connectivity index (χ2v) is 6.07. The molecule has 0 radical (unpaired) electrons. The molecule has 3 aromatic rings. The Hall–Kier alpha value is -3.28. The highest BCUT2D eigenvalue weighted by atomic mass is 16.5.